The van der Waals surface area contributed by atoms with Gasteiger partial charge in [0.2, 0.25) is 0 Å². The van der Waals surface area contributed by atoms with Crippen LogP contribution in [0.5, 0.6) is 0 Å². The van der Waals surface area contributed by atoms with Crippen LogP contribution in [0.15, 0.2) is 35.2 Å². The maximum Gasteiger partial charge on any atom is 0.151 e. The molecule has 0 aromatic heterocycles. The quantitative estimate of drug-likeness (QED) is 0.295. The van der Waals surface area contributed by atoms with Gasteiger partial charge >= 0.3 is 0 Å². The van der Waals surface area contributed by atoms with Crippen molar-refractivity contribution in [1.29, 1.82) is 5.41 Å². The largest absolute Gasteiger partial charge is 0.379 e. The summed E-state index contributed by atoms with van der Waals surface area (Å²) in [7, 11) is 0. The Morgan fingerprint density at radius 3 is 2.46 bits per heavy atom. The zero-order valence-electron chi connectivity index (χ0n) is 6.90. The summed E-state index contributed by atoms with van der Waals surface area (Å²) in [6, 6.07) is 10.1. The fourth-order valence-electron chi connectivity index (χ4n) is 0.678. The first-order chi connectivity index (χ1) is 5.79. The van der Waals surface area contributed by atoms with E-state index in [1.807, 2.05) is 30.3 Å². The molecule has 1 rings (SSSR count). The number of benzene rings is 1. The molecule has 0 aliphatic rings. The van der Waals surface area contributed by atoms with Crippen LogP contribution in [0.3, 0.4) is 0 Å². The Balaban J connectivity index is 0.00000144. The molecule has 0 fully saturated rings. The van der Waals surface area contributed by atoms with Crippen molar-refractivity contribution in [1.82, 2.24) is 0 Å². The minimum Gasteiger partial charge on any atom is -0.379 e. The van der Waals surface area contributed by atoms with Gasteiger partial charge in [-0.2, -0.15) is 0 Å². The molecule has 0 radical (unpaired) electrons. The molecule has 0 unspecified atom stereocenters. The Kier molecular flexibility index (Phi) is 7.59. The first-order valence-electron chi connectivity index (χ1n) is 3.43. The molecule has 0 saturated carbocycles. The zero-order chi connectivity index (χ0) is 8.81. The molecule has 5 heteroatoms. The number of hydrogen-bond acceptors (Lipinski definition) is 3. The second-order valence-corrected chi connectivity index (χ2v) is 4.52. The molecule has 0 bridgehead atoms. The number of rotatable bonds is 3. The van der Waals surface area contributed by atoms with Crippen LogP contribution in [-0.2, 0) is 0 Å². The van der Waals surface area contributed by atoms with Crippen molar-refractivity contribution in [3.8, 4) is 0 Å². The van der Waals surface area contributed by atoms with Gasteiger partial charge in [0.05, 0.1) is 5.08 Å². The molecule has 0 aliphatic heterocycles. The molecule has 0 saturated heterocycles. The Morgan fingerprint density at radius 2 is 1.92 bits per heavy atom. The molecule has 0 spiro atoms. The van der Waals surface area contributed by atoms with Gasteiger partial charge < -0.3 is 5.73 Å². The van der Waals surface area contributed by atoms with Crippen molar-refractivity contribution in [2.75, 3.05) is 5.08 Å². The second kappa shape index (κ2) is 7.52. The molecule has 0 amide bonds. The van der Waals surface area contributed by atoms with E-state index in [4.69, 9.17) is 11.1 Å². The lowest BCUT2D eigenvalue weighted by Gasteiger charge is -1.98. The van der Waals surface area contributed by atoms with Crippen LogP contribution in [-0.4, -0.2) is 10.3 Å². The van der Waals surface area contributed by atoms with Crippen molar-refractivity contribution in [3.63, 3.8) is 0 Å². The van der Waals surface area contributed by atoms with Crippen LogP contribution >= 0.6 is 47.5 Å². The van der Waals surface area contributed by atoms with Gasteiger partial charge in [0.15, 0.2) is 5.17 Å². The predicted molar refractivity (Wildman–Crippen MR) is 72.1 cm³/mol. The molecule has 2 nitrogen and oxygen atoms in total. The fourth-order valence-corrected chi connectivity index (χ4v) is 2.32. The molecule has 0 heterocycles. The lowest BCUT2D eigenvalue weighted by atomic mass is 10.4. The summed E-state index contributed by atoms with van der Waals surface area (Å²) < 4.78 is 0. The van der Waals surface area contributed by atoms with Crippen LogP contribution in [0, 0.1) is 5.41 Å². The Labute approximate surface area is 104 Å². The first kappa shape index (κ1) is 13.1. The molecular weight excluding hydrogens is 315 g/mol. The van der Waals surface area contributed by atoms with E-state index in [1.165, 1.54) is 16.7 Å². The maximum atomic E-state index is 6.99. The molecule has 3 N–H and O–H groups in total. The third-order valence-electron chi connectivity index (χ3n) is 1.18. The Hall–Kier alpha value is 0.120. The molecule has 13 heavy (non-hydrogen) atoms. The number of halogens is 1. The van der Waals surface area contributed by atoms with E-state index in [1.54, 1.807) is 11.8 Å². The molecule has 1 aromatic rings. The number of thioether (sulfide) groups is 2. The van der Waals surface area contributed by atoms with Crippen LogP contribution in [0.1, 0.15) is 0 Å². The highest BCUT2D eigenvalue weighted by atomic mass is 127. The zero-order valence-corrected chi connectivity index (χ0v) is 10.9. The molecule has 72 valence electrons. The highest BCUT2D eigenvalue weighted by molar-refractivity contribution is 14.0. The summed E-state index contributed by atoms with van der Waals surface area (Å²) in [6.07, 6.45) is 0. The highest BCUT2D eigenvalue weighted by Crippen LogP contribution is 2.21. The summed E-state index contributed by atoms with van der Waals surface area (Å²) in [5.74, 6) is 0. The molecule has 0 atom stereocenters. The van der Waals surface area contributed by atoms with E-state index in [2.05, 4.69) is 0 Å². The molecule has 0 aliphatic carbocycles. The first-order valence-corrected chi connectivity index (χ1v) is 5.41. The van der Waals surface area contributed by atoms with Crippen LogP contribution in [0.2, 0.25) is 0 Å². The van der Waals surface area contributed by atoms with Crippen LogP contribution in [0.4, 0.5) is 0 Å². The normalized spacial score (nSPS) is 8.92. The van der Waals surface area contributed by atoms with Crippen LogP contribution in [0.25, 0.3) is 0 Å². The van der Waals surface area contributed by atoms with E-state index < -0.39 is 0 Å². The third-order valence-corrected chi connectivity index (χ3v) is 3.04. The van der Waals surface area contributed by atoms with Crippen molar-refractivity contribution >= 4 is 52.7 Å². The summed E-state index contributed by atoms with van der Waals surface area (Å²) >= 11 is 3.04. The Morgan fingerprint density at radius 1 is 1.31 bits per heavy atom. The summed E-state index contributed by atoms with van der Waals surface area (Å²) in [5, 5.41) is 7.97. The number of hydrogen-bond donors (Lipinski definition) is 2. The van der Waals surface area contributed by atoms with E-state index in [9.17, 15) is 0 Å². The van der Waals surface area contributed by atoms with E-state index >= 15 is 0 Å². The molecular formula is C8H11IN2S2. The lowest BCUT2D eigenvalue weighted by molar-refractivity contribution is 1.47. The standard InChI is InChI=1S/C8H10N2S2.HI/c9-8(10)12-6-11-7-4-2-1-3-5-7;/h1-5H,6H2,(H3,9,10);1H. The van der Waals surface area contributed by atoms with Gasteiger partial charge in [-0.1, -0.05) is 30.0 Å². The highest BCUT2D eigenvalue weighted by Gasteiger charge is 1.93. The maximum absolute atomic E-state index is 6.99. The Bertz CT molecular complexity index is 254. The van der Waals surface area contributed by atoms with Crippen molar-refractivity contribution < 1.29 is 0 Å². The van der Waals surface area contributed by atoms with Crippen LogP contribution < -0.4 is 5.73 Å². The average molecular weight is 326 g/mol. The summed E-state index contributed by atoms with van der Waals surface area (Å²) in [6.45, 7) is 0. The average Bonchev–Trinajstić information content (AvgIpc) is 2.05. The van der Waals surface area contributed by atoms with E-state index in [0.717, 1.165) is 5.08 Å². The number of amidine groups is 1. The minimum absolute atomic E-state index is 0. The summed E-state index contributed by atoms with van der Waals surface area (Å²) in [4.78, 5) is 1.21. The van der Waals surface area contributed by atoms with Crippen molar-refractivity contribution in [2.45, 2.75) is 4.90 Å². The van der Waals surface area contributed by atoms with E-state index in [-0.39, 0.29) is 29.1 Å². The van der Waals surface area contributed by atoms with E-state index in [0.29, 0.717) is 0 Å². The number of nitrogens with two attached hydrogens (primary N) is 1. The van der Waals surface area contributed by atoms with Gasteiger partial charge in [-0.15, -0.1) is 35.7 Å². The van der Waals surface area contributed by atoms with Gasteiger partial charge in [-0.25, -0.2) is 0 Å². The molecule has 1 aromatic carbocycles. The lowest BCUT2D eigenvalue weighted by Crippen LogP contribution is -2.03. The fraction of sp³-hybridized carbons (Fsp3) is 0.125. The third kappa shape index (κ3) is 6.23. The van der Waals surface area contributed by atoms with Crippen molar-refractivity contribution in [2.24, 2.45) is 5.73 Å². The second-order valence-electron chi connectivity index (χ2n) is 2.08. The van der Waals surface area contributed by atoms with Gasteiger partial charge in [-0.3, -0.25) is 5.41 Å². The van der Waals surface area contributed by atoms with Crippen molar-refractivity contribution in [3.05, 3.63) is 30.3 Å². The van der Waals surface area contributed by atoms with Gasteiger partial charge in [0.1, 0.15) is 0 Å². The summed E-state index contributed by atoms with van der Waals surface area (Å²) in [5.41, 5.74) is 5.19. The number of nitrogens with one attached hydrogen (secondary N) is 1. The van der Waals surface area contributed by atoms with Gasteiger partial charge in [0, 0.05) is 4.90 Å². The predicted octanol–water partition coefficient (Wildman–Crippen LogP) is 2.98. The topological polar surface area (TPSA) is 49.9 Å². The van der Waals surface area contributed by atoms with Gasteiger partial charge in [0.25, 0.3) is 0 Å². The smallest absolute Gasteiger partial charge is 0.151 e. The SMILES string of the molecule is I.N=C(N)SCSc1ccccc1. The minimum atomic E-state index is 0. The monoisotopic (exact) mass is 326 g/mol. The van der Waals surface area contributed by atoms with Gasteiger partial charge in [-0.05, 0) is 12.1 Å².